The molecule has 19 heavy (non-hydrogen) atoms. The molecule has 3 N–H and O–H groups in total. The van der Waals surface area contributed by atoms with E-state index < -0.39 is 21.8 Å². The Bertz CT molecular complexity index is 569. The van der Waals surface area contributed by atoms with Crippen LogP contribution in [0.25, 0.3) is 0 Å². The molecule has 0 saturated heterocycles. The number of hydrogen-bond acceptors (Lipinski definition) is 5. The molecule has 1 atom stereocenters. The van der Waals surface area contributed by atoms with Gasteiger partial charge in [0.15, 0.2) is 9.84 Å². The number of ether oxygens (including phenoxy) is 1. The Morgan fingerprint density at radius 1 is 1.47 bits per heavy atom. The van der Waals surface area contributed by atoms with E-state index in [0.717, 1.165) is 6.26 Å². The first-order valence-corrected chi connectivity index (χ1v) is 7.67. The highest BCUT2D eigenvalue weighted by Crippen LogP contribution is 2.27. The first-order valence-electron chi connectivity index (χ1n) is 5.78. The third kappa shape index (κ3) is 4.13. The second kappa shape index (κ2) is 5.92. The zero-order valence-corrected chi connectivity index (χ0v) is 12.0. The van der Waals surface area contributed by atoms with E-state index in [2.05, 4.69) is 5.32 Å². The van der Waals surface area contributed by atoms with Crippen LogP contribution in [0.3, 0.4) is 0 Å². The van der Waals surface area contributed by atoms with Crippen LogP contribution in [0.2, 0.25) is 0 Å². The molecule has 0 heterocycles. The van der Waals surface area contributed by atoms with Crippen LogP contribution < -0.4 is 15.8 Å². The lowest BCUT2D eigenvalue weighted by atomic mass is 10.2. The van der Waals surface area contributed by atoms with Gasteiger partial charge in [0.1, 0.15) is 11.8 Å². The molecule has 6 nitrogen and oxygen atoms in total. The van der Waals surface area contributed by atoms with Gasteiger partial charge in [-0.1, -0.05) is 0 Å². The Morgan fingerprint density at radius 3 is 2.58 bits per heavy atom. The molecule has 0 spiro atoms. The van der Waals surface area contributed by atoms with E-state index in [1.54, 1.807) is 26.0 Å². The number of primary amides is 1. The molecule has 1 unspecified atom stereocenters. The number of carbonyl (C=O) groups excluding carboxylic acids is 1. The first-order chi connectivity index (χ1) is 8.75. The van der Waals surface area contributed by atoms with Gasteiger partial charge >= 0.3 is 0 Å². The van der Waals surface area contributed by atoms with Gasteiger partial charge in [-0.25, -0.2) is 8.42 Å². The predicted molar refractivity (Wildman–Crippen MR) is 73.0 cm³/mol. The molecule has 0 bridgehead atoms. The summed E-state index contributed by atoms with van der Waals surface area (Å²) in [6, 6.07) is 3.95. The first kappa shape index (κ1) is 15.3. The average Bonchev–Trinajstić information content (AvgIpc) is 2.29. The van der Waals surface area contributed by atoms with E-state index in [0.29, 0.717) is 18.0 Å². The average molecular weight is 286 g/mol. The van der Waals surface area contributed by atoms with Crippen LogP contribution in [0.4, 0.5) is 5.69 Å². The van der Waals surface area contributed by atoms with Crippen molar-refractivity contribution in [1.82, 2.24) is 0 Å². The number of hydrogen-bond donors (Lipinski definition) is 2. The molecule has 0 fully saturated rings. The number of amides is 1. The number of nitrogens with one attached hydrogen (secondary N) is 1. The van der Waals surface area contributed by atoms with E-state index in [1.807, 2.05) is 0 Å². The second-order valence-electron chi connectivity index (χ2n) is 4.13. The summed E-state index contributed by atoms with van der Waals surface area (Å²) in [6.45, 7) is 3.81. The van der Waals surface area contributed by atoms with Crippen LogP contribution in [0.15, 0.2) is 23.1 Å². The number of nitrogens with two attached hydrogens (primary N) is 1. The lowest BCUT2D eigenvalue weighted by Gasteiger charge is -2.16. The Labute approximate surface area is 112 Å². The zero-order valence-electron chi connectivity index (χ0n) is 11.1. The summed E-state index contributed by atoms with van der Waals surface area (Å²) >= 11 is 0. The van der Waals surface area contributed by atoms with Gasteiger partial charge in [-0.15, -0.1) is 0 Å². The predicted octanol–water partition coefficient (Wildman–Crippen LogP) is 0.774. The minimum atomic E-state index is -3.44. The van der Waals surface area contributed by atoms with Crippen molar-refractivity contribution in [1.29, 1.82) is 0 Å². The molecule has 0 aliphatic heterocycles. The number of rotatable bonds is 6. The fourth-order valence-electron chi connectivity index (χ4n) is 1.49. The normalized spacial score (nSPS) is 12.8. The van der Waals surface area contributed by atoms with Crippen molar-refractivity contribution in [3.63, 3.8) is 0 Å². The topological polar surface area (TPSA) is 98.5 Å². The number of sulfone groups is 1. The highest BCUT2D eigenvalue weighted by Gasteiger charge is 2.17. The lowest BCUT2D eigenvalue weighted by Crippen LogP contribution is -2.32. The molecule has 0 radical (unpaired) electrons. The van der Waals surface area contributed by atoms with Gasteiger partial charge in [-0.2, -0.15) is 0 Å². The molecule has 1 aromatic rings. The largest absolute Gasteiger partial charge is 0.494 e. The summed E-state index contributed by atoms with van der Waals surface area (Å²) in [7, 11) is -3.44. The molecule has 1 amide bonds. The molecule has 106 valence electrons. The van der Waals surface area contributed by atoms with E-state index >= 15 is 0 Å². The van der Waals surface area contributed by atoms with Crippen LogP contribution in [-0.2, 0) is 14.6 Å². The van der Waals surface area contributed by atoms with Crippen LogP contribution in [0.1, 0.15) is 13.8 Å². The van der Waals surface area contributed by atoms with Crippen LogP contribution >= 0.6 is 0 Å². The maximum absolute atomic E-state index is 11.7. The van der Waals surface area contributed by atoms with Crippen molar-refractivity contribution in [3.8, 4) is 5.75 Å². The molecule has 0 aromatic heterocycles. The van der Waals surface area contributed by atoms with Gasteiger partial charge in [-0.3, -0.25) is 4.79 Å². The number of carbonyl (C=O) groups is 1. The van der Waals surface area contributed by atoms with Crippen molar-refractivity contribution < 1.29 is 17.9 Å². The lowest BCUT2D eigenvalue weighted by molar-refractivity contribution is -0.118. The minimum Gasteiger partial charge on any atom is -0.494 e. The Hall–Kier alpha value is -1.76. The molecular formula is C12H18N2O4S. The van der Waals surface area contributed by atoms with Crippen molar-refractivity contribution in [2.24, 2.45) is 5.73 Å². The molecular weight excluding hydrogens is 268 g/mol. The van der Waals surface area contributed by atoms with Gasteiger partial charge in [-0.05, 0) is 26.0 Å². The maximum atomic E-state index is 11.7. The molecule has 0 aliphatic rings. The van der Waals surface area contributed by atoms with E-state index in [4.69, 9.17) is 10.5 Å². The monoisotopic (exact) mass is 286 g/mol. The molecule has 1 rings (SSSR count). The third-order valence-corrected chi connectivity index (χ3v) is 3.60. The summed E-state index contributed by atoms with van der Waals surface area (Å²) in [6.07, 6.45) is 1.10. The van der Waals surface area contributed by atoms with Crippen molar-refractivity contribution >= 4 is 21.4 Å². The molecule has 0 saturated carbocycles. The highest BCUT2D eigenvalue weighted by molar-refractivity contribution is 7.90. The third-order valence-electron chi connectivity index (χ3n) is 2.46. The van der Waals surface area contributed by atoms with Gasteiger partial charge in [0.2, 0.25) is 5.91 Å². The minimum absolute atomic E-state index is 0.0755. The SMILES string of the molecule is CCOc1ccc(NC(C)C(N)=O)c(S(C)(=O)=O)c1. The van der Waals surface area contributed by atoms with Gasteiger partial charge in [0, 0.05) is 12.3 Å². The van der Waals surface area contributed by atoms with Crippen LogP contribution in [-0.4, -0.2) is 33.2 Å². The smallest absolute Gasteiger partial charge is 0.239 e. The number of anilines is 1. The Kier molecular flexibility index (Phi) is 4.77. The number of benzene rings is 1. The molecule has 7 heteroatoms. The summed E-state index contributed by atoms with van der Waals surface area (Å²) < 4.78 is 28.8. The summed E-state index contributed by atoms with van der Waals surface area (Å²) in [5.41, 5.74) is 5.48. The standard InChI is InChI=1S/C12H18N2O4S/c1-4-18-9-5-6-10(14-8(2)12(13)15)11(7-9)19(3,16)17/h5-8,14H,4H2,1-3H3,(H2,13,15). The van der Waals surface area contributed by atoms with Gasteiger partial charge < -0.3 is 15.8 Å². The fourth-order valence-corrected chi connectivity index (χ4v) is 2.35. The quantitative estimate of drug-likeness (QED) is 0.805. The van der Waals surface area contributed by atoms with Crippen LogP contribution in [0, 0.1) is 0 Å². The van der Waals surface area contributed by atoms with Crippen molar-refractivity contribution in [3.05, 3.63) is 18.2 Å². The Morgan fingerprint density at radius 2 is 2.11 bits per heavy atom. The van der Waals surface area contributed by atoms with Crippen molar-refractivity contribution in [2.75, 3.05) is 18.2 Å². The van der Waals surface area contributed by atoms with Crippen LogP contribution in [0.5, 0.6) is 5.75 Å². The second-order valence-corrected chi connectivity index (χ2v) is 6.12. The van der Waals surface area contributed by atoms with E-state index in [-0.39, 0.29) is 4.90 Å². The molecule has 0 aliphatic carbocycles. The molecule has 1 aromatic carbocycles. The fraction of sp³-hybridized carbons (Fsp3) is 0.417. The van der Waals surface area contributed by atoms with E-state index in [1.165, 1.54) is 6.07 Å². The van der Waals surface area contributed by atoms with E-state index in [9.17, 15) is 13.2 Å². The zero-order chi connectivity index (χ0) is 14.6. The van der Waals surface area contributed by atoms with Gasteiger partial charge in [0.05, 0.1) is 17.2 Å². The Balaban J connectivity index is 3.20. The summed E-state index contributed by atoms with van der Waals surface area (Å²) in [5, 5.41) is 2.78. The maximum Gasteiger partial charge on any atom is 0.239 e. The summed E-state index contributed by atoms with van der Waals surface area (Å²) in [4.78, 5) is 11.1. The highest BCUT2D eigenvalue weighted by atomic mass is 32.2. The summed E-state index contributed by atoms with van der Waals surface area (Å²) in [5.74, 6) is -0.103. The van der Waals surface area contributed by atoms with Gasteiger partial charge in [0.25, 0.3) is 0 Å². The van der Waals surface area contributed by atoms with Crippen molar-refractivity contribution in [2.45, 2.75) is 24.8 Å².